The van der Waals surface area contributed by atoms with E-state index >= 15 is 0 Å². The van der Waals surface area contributed by atoms with Crippen LogP contribution in [0.3, 0.4) is 0 Å². The fourth-order valence-electron chi connectivity index (χ4n) is 3.45. The molecule has 0 spiro atoms. The smallest absolute Gasteiger partial charge is 0.306 e. The third-order valence-corrected chi connectivity index (χ3v) is 4.80. The molecule has 1 fully saturated rings. The number of nitrogens with one attached hydrogen (secondary N) is 2. The minimum Gasteiger partial charge on any atom is -0.481 e. The molecule has 3 N–H and O–H groups in total. The van der Waals surface area contributed by atoms with Crippen LogP contribution in [0.15, 0.2) is 24.4 Å². The molecule has 1 saturated carbocycles. The maximum absolute atomic E-state index is 12.3. The molecule has 122 valence electrons. The van der Waals surface area contributed by atoms with E-state index in [2.05, 4.69) is 10.3 Å². The Morgan fingerprint density at radius 2 is 2.00 bits per heavy atom. The van der Waals surface area contributed by atoms with Gasteiger partial charge in [0, 0.05) is 23.1 Å². The highest BCUT2D eigenvalue weighted by molar-refractivity contribution is 5.90. The van der Waals surface area contributed by atoms with E-state index in [-0.39, 0.29) is 17.9 Å². The van der Waals surface area contributed by atoms with E-state index < -0.39 is 5.97 Å². The average Bonchev–Trinajstić information content (AvgIpc) is 2.92. The first kappa shape index (κ1) is 15.6. The zero-order valence-corrected chi connectivity index (χ0v) is 13.3. The van der Waals surface area contributed by atoms with Crippen molar-refractivity contribution in [2.45, 2.75) is 45.1 Å². The zero-order valence-electron chi connectivity index (χ0n) is 13.3. The minimum atomic E-state index is -0.719. The number of rotatable bonds is 4. The Kier molecular flexibility index (Phi) is 4.37. The third-order valence-electron chi connectivity index (χ3n) is 4.80. The van der Waals surface area contributed by atoms with Crippen LogP contribution in [-0.4, -0.2) is 28.0 Å². The number of carbonyl (C=O) groups is 2. The lowest BCUT2D eigenvalue weighted by atomic mass is 9.86. The molecule has 2 aromatic rings. The van der Waals surface area contributed by atoms with Gasteiger partial charge in [-0.05, 0) is 43.7 Å². The molecular weight excluding hydrogens is 292 g/mol. The monoisotopic (exact) mass is 314 g/mol. The summed E-state index contributed by atoms with van der Waals surface area (Å²) in [5.74, 6) is -0.963. The van der Waals surface area contributed by atoms with Gasteiger partial charge in [-0.25, -0.2) is 0 Å². The number of amides is 1. The second kappa shape index (κ2) is 6.44. The summed E-state index contributed by atoms with van der Waals surface area (Å²) in [6, 6.07) is 6.17. The summed E-state index contributed by atoms with van der Waals surface area (Å²) in [6.07, 6.45) is 5.03. The van der Waals surface area contributed by atoms with Crippen molar-refractivity contribution >= 4 is 22.8 Å². The summed E-state index contributed by atoms with van der Waals surface area (Å²) in [5.41, 5.74) is 3.25. The van der Waals surface area contributed by atoms with Crippen LogP contribution in [0.4, 0.5) is 0 Å². The van der Waals surface area contributed by atoms with Crippen molar-refractivity contribution in [3.63, 3.8) is 0 Å². The average molecular weight is 314 g/mol. The first-order valence-electron chi connectivity index (χ1n) is 8.12. The lowest BCUT2D eigenvalue weighted by Gasteiger charge is -2.26. The summed E-state index contributed by atoms with van der Waals surface area (Å²) >= 11 is 0. The molecule has 1 aromatic heterocycles. The molecule has 0 aliphatic heterocycles. The van der Waals surface area contributed by atoms with Gasteiger partial charge in [-0.1, -0.05) is 18.2 Å². The van der Waals surface area contributed by atoms with E-state index in [0.717, 1.165) is 29.3 Å². The van der Waals surface area contributed by atoms with Crippen LogP contribution in [-0.2, 0) is 16.0 Å². The van der Waals surface area contributed by atoms with Crippen LogP contribution in [0, 0.1) is 12.8 Å². The number of benzene rings is 1. The predicted molar refractivity (Wildman–Crippen MR) is 88.3 cm³/mol. The molecule has 23 heavy (non-hydrogen) atoms. The van der Waals surface area contributed by atoms with Crippen LogP contribution in [0.25, 0.3) is 10.9 Å². The summed E-state index contributed by atoms with van der Waals surface area (Å²) < 4.78 is 0. The lowest BCUT2D eigenvalue weighted by molar-refractivity contribution is -0.142. The van der Waals surface area contributed by atoms with E-state index in [9.17, 15) is 9.59 Å². The second-order valence-electron chi connectivity index (χ2n) is 6.44. The minimum absolute atomic E-state index is 0.00572. The number of carbonyl (C=O) groups excluding carboxylic acids is 1. The number of para-hydroxylation sites is 1. The fourth-order valence-corrected chi connectivity index (χ4v) is 3.45. The Bertz CT molecular complexity index is 727. The third kappa shape index (κ3) is 3.38. The van der Waals surface area contributed by atoms with Gasteiger partial charge in [0.05, 0.1) is 12.3 Å². The number of carboxylic acid groups (broad SMARTS) is 1. The highest BCUT2D eigenvalue weighted by atomic mass is 16.4. The Morgan fingerprint density at radius 3 is 2.70 bits per heavy atom. The Hall–Kier alpha value is -2.30. The Balaban J connectivity index is 1.59. The number of carboxylic acids is 1. The molecule has 0 bridgehead atoms. The van der Waals surface area contributed by atoms with Gasteiger partial charge in [0.1, 0.15) is 0 Å². The number of hydrogen-bond donors (Lipinski definition) is 3. The highest BCUT2D eigenvalue weighted by Gasteiger charge is 2.26. The topological polar surface area (TPSA) is 82.2 Å². The van der Waals surface area contributed by atoms with Gasteiger partial charge in [0.2, 0.25) is 5.91 Å². The van der Waals surface area contributed by atoms with Gasteiger partial charge < -0.3 is 15.4 Å². The van der Waals surface area contributed by atoms with Crippen molar-refractivity contribution in [3.8, 4) is 0 Å². The van der Waals surface area contributed by atoms with Crippen LogP contribution in [0.2, 0.25) is 0 Å². The number of aliphatic carboxylic acids is 1. The molecule has 1 amide bonds. The highest BCUT2D eigenvalue weighted by Crippen LogP contribution is 2.25. The molecule has 0 atom stereocenters. The Morgan fingerprint density at radius 1 is 1.26 bits per heavy atom. The van der Waals surface area contributed by atoms with E-state index in [1.807, 2.05) is 31.3 Å². The summed E-state index contributed by atoms with van der Waals surface area (Å²) in [4.78, 5) is 26.5. The fraction of sp³-hybridized carbons (Fsp3) is 0.444. The van der Waals surface area contributed by atoms with E-state index in [0.29, 0.717) is 19.3 Å². The van der Waals surface area contributed by atoms with Crippen LogP contribution >= 0.6 is 0 Å². The molecule has 5 heteroatoms. The van der Waals surface area contributed by atoms with Crippen molar-refractivity contribution in [3.05, 3.63) is 35.5 Å². The van der Waals surface area contributed by atoms with Crippen molar-refractivity contribution < 1.29 is 14.7 Å². The predicted octanol–water partition coefficient (Wildman–Crippen LogP) is 2.78. The molecule has 5 nitrogen and oxygen atoms in total. The molecule has 0 radical (unpaired) electrons. The molecular formula is C18H22N2O3. The maximum atomic E-state index is 12.3. The van der Waals surface area contributed by atoms with Crippen molar-refractivity contribution in [1.29, 1.82) is 0 Å². The number of aromatic amines is 1. The molecule has 1 aliphatic rings. The number of H-pyrrole nitrogens is 1. The largest absolute Gasteiger partial charge is 0.481 e. The Labute approximate surface area is 135 Å². The normalized spacial score (nSPS) is 21.3. The van der Waals surface area contributed by atoms with Gasteiger partial charge in [-0.15, -0.1) is 0 Å². The quantitative estimate of drug-likeness (QED) is 0.811. The van der Waals surface area contributed by atoms with Crippen molar-refractivity contribution in [1.82, 2.24) is 10.3 Å². The molecule has 1 heterocycles. The van der Waals surface area contributed by atoms with Gasteiger partial charge in [0.15, 0.2) is 0 Å². The molecule has 1 aromatic carbocycles. The van der Waals surface area contributed by atoms with E-state index in [4.69, 9.17) is 5.11 Å². The van der Waals surface area contributed by atoms with Crippen molar-refractivity contribution in [2.24, 2.45) is 5.92 Å². The molecule has 0 saturated heterocycles. The first-order chi connectivity index (χ1) is 11.0. The van der Waals surface area contributed by atoms with Crippen LogP contribution < -0.4 is 5.32 Å². The summed E-state index contributed by atoms with van der Waals surface area (Å²) in [5, 5.41) is 13.2. The van der Waals surface area contributed by atoms with E-state index in [1.165, 1.54) is 5.56 Å². The van der Waals surface area contributed by atoms with Gasteiger partial charge in [0.25, 0.3) is 0 Å². The van der Waals surface area contributed by atoms with Crippen LogP contribution in [0.5, 0.6) is 0 Å². The maximum Gasteiger partial charge on any atom is 0.306 e. The zero-order chi connectivity index (χ0) is 16.4. The molecule has 1 aliphatic carbocycles. The van der Waals surface area contributed by atoms with Gasteiger partial charge in [-0.2, -0.15) is 0 Å². The number of aryl methyl sites for hydroxylation is 1. The first-order valence-corrected chi connectivity index (χ1v) is 8.12. The summed E-state index contributed by atoms with van der Waals surface area (Å²) in [7, 11) is 0. The number of hydrogen-bond acceptors (Lipinski definition) is 2. The lowest BCUT2D eigenvalue weighted by Crippen LogP contribution is -2.39. The van der Waals surface area contributed by atoms with Crippen molar-refractivity contribution in [2.75, 3.05) is 0 Å². The molecule has 0 unspecified atom stereocenters. The second-order valence-corrected chi connectivity index (χ2v) is 6.44. The van der Waals surface area contributed by atoms with E-state index in [1.54, 1.807) is 0 Å². The standard InChI is InChI=1S/C18H22N2O3/c1-11-3-2-4-15-13(10-19-17(11)15)9-16(21)20-14-7-5-12(6-8-14)18(22)23/h2-4,10,12,14,19H,5-9H2,1H3,(H,20,21)(H,22,23). The SMILES string of the molecule is Cc1cccc2c(CC(=O)NC3CCC(C(=O)O)CC3)c[nH]c12. The number of fused-ring (bicyclic) bond motifs is 1. The van der Waals surface area contributed by atoms with Gasteiger partial charge >= 0.3 is 5.97 Å². The molecule has 3 rings (SSSR count). The van der Waals surface area contributed by atoms with Gasteiger partial charge in [-0.3, -0.25) is 9.59 Å². The van der Waals surface area contributed by atoms with Crippen LogP contribution in [0.1, 0.15) is 36.8 Å². The summed E-state index contributed by atoms with van der Waals surface area (Å²) in [6.45, 7) is 2.05. The number of aromatic nitrogens is 1.